The zero-order valence-electron chi connectivity index (χ0n) is 39.8. The van der Waals surface area contributed by atoms with Gasteiger partial charge in [0, 0.05) is 44.8 Å². The number of hydrogen-bond donors (Lipinski definition) is 0. The van der Waals surface area contributed by atoms with E-state index in [1.165, 1.54) is 71.6 Å². The summed E-state index contributed by atoms with van der Waals surface area (Å²) in [4.78, 5) is 25.8. The summed E-state index contributed by atoms with van der Waals surface area (Å²) in [5, 5.41) is 7.06. The molecule has 0 unspecified atom stereocenters. The van der Waals surface area contributed by atoms with Crippen molar-refractivity contribution in [1.29, 1.82) is 0 Å². The van der Waals surface area contributed by atoms with E-state index in [-0.39, 0.29) is 0 Å². The van der Waals surface area contributed by atoms with Gasteiger partial charge >= 0.3 is 0 Å². The van der Waals surface area contributed by atoms with E-state index in [1.54, 1.807) is 0 Å². The molecular formula is C69H39N5. The molecule has 14 aromatic rings. The fourth-order valence-electron chi connectivity index (χ4n) is 12.0. The quantitative estimate of drug-likeness (QED) is 0.166. The second-order valence-electron chi connectivity index (χ2n) is 19.5. The van der Waals surface area contributed by atoms with Gasteiger partial charge in [0.05, 0.1) is 39.7 Å². The number of aromatic nitrogens is 5. The van der Waals surface area contributed by atoms with Crippen LogP contribution in [0.15, 0.2) is 237 Å². The molecule has 3 aromatic heterocycles. The molecule has 3 heterocycles. The summed E-state index contributed by atoms with van der Waals surface area (Å²) < 4.78 is 0. The number of nitrogens with zero attached hydrogens (tertiary/aromatic N) is 5. The molecule has 0 atom stereocenters. The molecule has 0 fully saturated rings. The predicted molar refractivity (Wildman–Crippen MR) is 304 cm³/mol. The van der Waals surface area contributed by atoms with Gasteiger partial charge in [-0.1, -0.05) is 188 Å². The molecule has 0 N–H and O–H groups in total. The number of hydrogen-bond acceptors (Lipinski definition) is 5. The minimum Gasteiger partial charge on any atom is -0.256 e. The van der Waals surface area contributed by atoms with Crippen LogP contribution in [-0.2, 0) is 0 Å². The van der Waals surface area contributed by atoms with Crippen LogP contribution in [0.3, 0.4) is 0 Å². The SMILES string of the molecule is c1ccc2c(c1)-c1cccc3c(-c4cc(-c5ccc6c7c(cccc57)-c5ccccc5-6)c5nc(-c6ccc(-c7cnc8ccccc8c7)cc6)nc(-c6ccc(-c7cnc8ccccc8n7)cc6)c5c4)ccc-2c13. The smallest absolute Gasteiger partial charge is 0.160 e. The van der Waals surface area contributed by atoms with Crippen molar-refractivity contribution >= 4 is 54.4 Å². The first kappa shape index (κ1) is 40.7. The number of pyridine rings is 1. The summed E-state index contributed by atoms with van der Waals surface area (Å²) in [5.41, 5.74) is 24.9. The van der Waals surface area contributed by atoms with Gasteiger partial charge < -0.3 is 0 Å². The maximum Gasteiger partial charge on any atom is 0.160 e. The highest BCUT2D eigenvalue weighted by Gasteiger charge is 2.27. The molecule has 0 saturated carbocycles. The molecule has 2 aliphatic rings. The van der Waals surface area contributed by atoms with E-state index in [9.17, 15) is 0 Å². The van der Waals surface area contributed by atoms with Gasteiger partial charge in [0.1, 0.15) is 0 Å². The second kappa shape index (κ2) is 15.8. The molecule has 0 radical (unpaired) electrons. The largest absolute Gasteiger partial charge is 0.256 e. The Morgan fingerprint density at radius 1 is 0.257 bits per heavy atom. The summed E-state index contributed by atoms with van der Waals surface area (Å²) >= 11 is 0. The lowest BCUT2D eigenvalue weighted by Crippen LogP contribution is -1.99. The van der Waals surface area contributed by atoms with Crippen LogP contribution in [0.4, 0.5) is 0 Å². The summed E-state index contributed by atoms with van der Waals surface area (Å²) in [7, 11) is 0. The number of rotatable bonds is 6. The minimum atomic E-state index is 0.649. The van der Waals surface area contributed by atoms with Gasteiger partial charge in [-0.2, -0.15) is 0 Å². The first-order valence-electron chi connectivity index (χ1n) is 25.1. The lowest BCUT2D eigenvalue weighted by molar-refractivity contribution is 1.23. The number of fused-ring (bicyclic) bond motifs is 9. The van der Waals surface area contributed by atoms with E-state index in [2.05, 4.69) is 188 Å². The molecule has 0 saturated heterocycles. The Morgan fingerprint density at radius 2 is 0.784 bits per heavy atom. The van der Waals surface area contributed by atoms with E-state index in [0.29, 0.717) is 5.82 Å². The summed E-state index contributed by atoms with van der Waals surface area (Å²) in [6.07, 6.45) is 3.81. The van der Waals surface area contributed by atoms with Crippen LogP contribution in [0, 0.1) is 0 Å². The highest BCUT2D eigenvalue weighted by atomic mass is 14.9. The summed E-state index contributed by atoms with van der Waals surface area (Å²) in [5.74, 6) is 0.649. The summed E-state index contributed by atoms with van der Waals surface area (Å²) in [6.45, 7) is 0. The van der Waals surface area contributed by atoms with Crippen LogP contribution in [0.25, 0.3) is 166 Å². The Balaban J connectivity index is 0.953. The Bertz CT molecular complexity index is 4650. The van der Waals surface area contributed by atoms with Crippen molar-refractivity contribution in [3.8, 4) is 112 Å². The normalized spacial score (nSPS) is 12.1. The van der Waals surface area contributed by atoms with Gasteiger partial charge in [0.25, 0.3) is 0 Å². The molecule has 16 rings (SSSR count). The molecule has 0 bridgehead atoms. The summed E-state index contributed by atoms with van der Waals surface area (Å²) in [6, 6.07) is 80.8. The maximum absolute atomic E-state index is 5.67. The number of para-hydroxylation sites is 3. The van der Waals surface area contributed by atoms with Gasteiger partial charge in [0.2, 0.25) is 0 Å². The molecular weight excluding hydrogens is 899 g/mol. The third-order valence-electron chi connectivity index (χ3n) is 15.5. The average Bonchev–Trinajstić information content (AvgIpc) is 3.98. The fourth-order valence-corrected chi connectivity index (χ4v) is 12.0. The van der Waals surface area contributed by atoms with Crippen molar-refractivity contribution in [3.05, 3.63) is 237 Å². The lowest BCUT2D eigenvalue weighted by Gasteiger charge is -2.18. The van der Waals surface area contributed by atoms with E-state index in [0.717, 1.165) is 88.7 Å². The van der Waals surface area contributed by atoms with Crippen molar-refractivity contribution in [1.82, 2.24) is 24.9 Å². The first-order chi connectivity index (χ1) is 36.7. The highest BCUT2D eigenvalue weighted by Crippen LogP contribution is 2.53. The maximum atomic E-state index is 5.67. The molecule has 11 aromatic carbocycles. The van der Waals surface area contributed by atoms with Crippen molar-refractivity contribution in [2.24, 2.45) is 0 Å². The van der Waals surface area contributed by atoms with E-state index >= 15 is 0 Å². The Kier molecular flexibility index (Phi) is 8.68. The van der Waals surface area contributed by atoms with E-state index in [1.807, 2.05) is 48.8 Å². The highest BCUT2D eigenvalue weighted by molar-refractivity contribution is 6.22. The van der Waals surface area contributed by atoms with E-state index in [4.69, 9.17) is 24.9 Å². The van der Waals surface area contributed by atoms with Crippen LogP contribution in [0.1, 0.15) is 0 Å². The topological polar surface area (TPSA) is 64.5 Å². The molecule has 0 spiro atoms. The molecule has 340 valence electrons. The zero-order valence-corrected chi connectivity index (χ0v) is 39.8. The second-order valence-corrected chi connectivity index (χ2v) is 19.5. The molecule has 0 aliphatic heterocycles. The van der Waals surface area contributed by atoms with Gasteiger partial charge in [-0.05, 0) is 125 Å². The monoisotopic (exact) mass is 937 g/mol. The zero-order chi connectivity index (χ0) is 48.4. The standard InChI is InChI=1S/C69H39N5/c1-6-20-61-44(11-1)35-46(38-70-61)40-23-29-43(30-24-40)69-73-67(42-27-25-41(26-28-42)64-39-71-62-21-7-8-22-63(62)72-64)60-37-45(47-31-33-57-50-14-4-2-12-48(50)54-17-9-16-53(47)65(54)57)36-59(68(60)74-69)52-32-34-58-51-15-5-3-13-49(51)55-18-10-19-56(52)66(55)58/h1-39H. The third kappa shape index (κ3) is 6.14. The first-order valence-corrected chi connectivity index (χ1v) is 25.1. The predicted octanol–water partition coefficient (Wildman–Crippen LogP) is 17.7. The van der Waals surface area contributed by atoms with E-state index < -0.39 is 0 Å². The number of benzene rings is 11. The fraction of sp³-hybridized carbons (Fsp3) is 0. The molecule has 5 nitrogen and oxygen atoms in total. The minimum absolute atomic E-state index is 0.649. The molecule has 5 heteroatoms. The Morgan fingerprint density at radius 3 is 1.49 bits per heavy atom. The van der Waals surface area contributed by atoms with Crippen LogP contribution in [-0.4, -0.2) is 24.9 Å². The van der Waals surface area contributed by atoms with Crippen molar-refractivity contribution in [2.45, 2.75) is 0 Å². The van der Waals surface area contributed by atoms with Crippen molar-refractivity contribution in [3.63, 3.8) is 0 Å². The lowest BCUT2D eigenvalue weighted by atomic mass is 9.88. The van der Waals surface area contributed by atoms with Gasteiger partial charge in [-0.25, -0.2) is 15.0 Å². The molecule has 74 heavy (non-hydrogen) atoms. The molecule has 2 aliphatic carbocycles. The Labute approximate surface area is 425 Å². The van der Waals surface area contributed by atoms with Crippen LogP contribution in [0.2, 0.25) is 0 Å². The van der Waals surface area contributed by atoms with Crippen molar-refractivity contribution in [2.75, 3.05) is 0 Å². The Hall–Kier alpha value is -9.97. The van der Waals surface area contributed by atoms with Crippen LogP contribution in [0.5, 0.6) is 0 Å². The van der Waals surface area contributed by atoms with Gasteiger partial charge in [0.15, 0.2) is 5.82 Å². The van der Waals surface area contributed by atoms with Crippen molar-refractivity contribution < 1.29 is 0 Å². The van der Waals surface area contributed by atoms with Crippen LogP contribution >= 0.6 is 0 Å². The van der Waals surface area contributed by atoms with Gasteiger partial charge in [-0.15, -0.1) is 0 Å². The third-order valence-corrected chi connectivity index (χ3v) is 15.5. The molecule has 0 amide bonds. The van der Waals surface area contributed by atoms with Gasteiger partial charge in [-0.3, -0.25) is 9.97 Å². The average molecular weight is 938 g/mol. The van der Waals surface area contributed by atoms with Crippen LogP contribution < -0.4 is 0 Å².